The number of urea groups is 1. The van der Waals surface area contributed by atoms with Crippen LogP contribution >= 0.6 is 0 Å². The summed E-state index contributed by atoms with van der Waals surface area (Å²) >= 11 is 0. The molecule has 1 aromatic carbocycles. The normalized spacial score (nSPS) is 16.9. The van der Waals surface area contributed by atoms with Gasteiger partial charge in [-0.15, -0.1) is 0 Å². The van der Waals surface area contributed by atoms with Gasteiger partial charge in [0.1, 0.15) is 0 Å². The van der Waals surface area contributed by atoms with Crippen LogP contribution in [0.3, 0.4) is 0 Å². The Morgan fingerprint density at radius 1 is 1.30 bits per heavy atom. The molecule has 2 amide bonds. The Bertz CT molecular complexity index is 413. The molecule has 0 unspecified atom stereocenters. The second-order valence-electron chi connectivity index (χ2n) is 5.48. The molecule has 1 aliphatic heterocycles. The van der Waals surface area contributed by atoms with Crippen LogP contribution in [0, 0.1) is 0 Å². The summed E-state index contributed by atoms with van der Waals surface area (Å²) in [4.78, 5) is 16.6. The number of amides is 2. The molecule has 4 heteroatoms. The quantitative estimate of drug-likeness (QED) is 0.917. The Morgan fingerprint density at radius 3 is 2.55 bits per heavy atom. The lowest BCUT2D eigenvalue weighted by Gasteiger charge is -2.36. The minimum atomic E-state index is -0.00913. The van der Waals surface area contributed by atoms with Crippen LogP contribution in [0.2, 0.25) is 0 Å². The zero-order chi connectivity index (χ0) is 14.4. The van der Waals surface area contributed by atoms with Gasteiger partial charge in [-0.3, -0.25) is 0 Å². The third-order valence-electron chi connectivity index (χ3n) is 3.99. The predicted molar refractivity (Wildman–Crippen MR) is 83.0 cm³/mol. The number of anilines is 1. The molecular formula is C16H25N3O. The van der Waals surface area contributed by atoms with Crippen molar-refractivity contribution in [2.75, 3.05) is 32.0 Å². The van der Waals surface area contributed by atoms with Gasteiger partial charge in [0.15, 0.2) is 0 Å². The second kappa shape index (κ2) is 7.29. The van der Waals surface area contributed by atoms with E-state index in [1.54, 1.807) is 0 Å². The number of nitrogens with zero attached hydrogens (tertiary/aromatic N) is 2. The second-order valence-corrected chi connectivity index (χ2v) is 5.48. The summed E-state index contributed by atoms with van der Waals surface area (Å²) in [6.45, 7) is 5.58. The summed E-state index contributed by atoms with van der Waals surface area (Å²) in [6.07, 6.45) is 3.34. The lowest BCUT2D eigenvalue weighted by Crippen LogP contribution is -2.47. The molecule has 4 nitrogen and oxygen atoms in total. The number of rotatable bonds is 4. The molecule has 0 aliphatic carbocycles. The van der Waals surface area contributed by atoms with E-state index in [9.17, 15) is 4.79 Å². The average molecular weight is 275 g/mol. The van der Waals surface area contributed by atoms with Crippen molar-refractivity contribution in [3.05, 3.63) is 30.3 Å². The van der Waals surface area contributed by atoms with Crippen molar-refractivity contribution >= 4 is 11.7 Å². The number of likely N-dealkylation sites (tertiary alicyclic amines) is 1. The van der Waals surface area contributed by atoms with Crippen LogP contribution in [-0.4, -0.2) is 48.6 Å². The molecule has 0 radical (unpaired) electrons. The highest BCUT2D eigenvalue weighted by atomic mass is 16.2. The molecule has 1 fully saturated rings. The summed E-state index contributed by atoms with van der Waals surface area (Å²) in [6, 6.07) is 9.98. The number of benzene rings is 1. The van der Waals surface area contributed by atoms with Crippen molar-refractivity contribution in [3.63, 3.8) is 0 Å². The summed E-state index contributed by atoms with van der Waals surface area (Å²) in [5.41, 5.74) is 0.854. The third kappa shape index (κ3) is 3.97. The van der Waals surface area contributed by atoms with E-state index in [1.807, 2.05) is 42.3 Å². The zero-order valence-corrected chi connectivity index (χ0v) is 12.5. The molecule has 1 aliphatic rings. The van der Waals surface area contributed by atoms with Gasteiger partial charge in [0.25, 0.3) is 0 Å². The maximum Gasteiger partial charge on any atom is 0.321 e. The van der Waals surface area contributed by atoms with Gasteiger partial charge in [0.2, 0.25) is 0 Å². The van der Waals surface area contributed by atoms with Gasteiger partial charge in [-0.2, -0.15) is 0 Å². The Hall–Kier alpha value is -1.55. The fourth-order valence-corrected chi connectivity index (χ4v) is 2.75. The first kappa shape index (κ1) is 14.9. The fourth-order valence-electron chi connectivity index (χ4n) is 2.75. The Kier molecular flexibility index (Phi) is 5.41. The first-order chi connectivity index (χ1) is 9.70. The van der Waals surface area contributed by atoms with E-state index in [1.165, 1.54) is 13.0 Å². The molecule has 1 heterocycles. The Morgan fingerprint density at radius 2 is 1.95 bits per heavy atom. The van der Waals surface area contributed by atoms with Crippen LogP contribution in [0.5, 0.6) is 0 Å². The zero-order valence-electron chi connectivity index (χ0n) is 12.5. The summed E-state index contributed by atoms with van der Waals surface area (Å²) in [7, 11) is 1.90. The van der Waals surface area contributed by atoms with Crippen molar-refractivity contribution in [2.45, 2.75) is 32.2 Å². The van der Waals surface area contributed by atoms with Crippen LogP contribution in [-0.2, 0) is 0 Å². The molecule has 0 bridgehead atoms. The largest absolute Gasteiger partial charge is 0.325 e. The molecule has 1 aromatic rings. The minimum absolute atomic E-state index is 0.00913. The van der Waals surface area contributed by atoms with E-state index in [0.717, 1.165) is 31.6 Å². The maximum atomic E-state index is 12.2. The molecule has 2 rings (SSSR count). The Balaban J connectivity index is 1.82. The van der Waals surface area contributed by atoms with E-state index in [-0.39, 0.29) is 6.03 Å². The summed E-state index contributed by atoms with van der Waals surface area (Å²) in [5, 5.41) is 2.95. The molecule has 110 valence electrons. The van der Waals surface area contributed by atoms with Crippen molar-refractivity contribution in [1.29, 1.82) is 0 Å². The van der Waals surface area contributed by atoms with E-state index in [4.69, 9.17) is 0 Å². The lowest BCUT2D eigenvalue weighted by molar-refractivity contribution is 0.141. The van der Waals surface area contributed by atoms with Gasteiger partial charge in [-0.1, -0.05) is 25.1 Å². The maximum absolute atomic E-state index is 12.2. The molecule has 0 spiro atoms. The first-order valence-electron chi connectivity index (χ1n) is 7.52. The number of piperidine rings is 1. The monoisotopic (exact) mass is 275 g/mol. The average Bonchev–Trinajstić information content (AvgIpc) is 2.48. The van der Waals surface area contributed by atoms with Crippen LogP contribution in [0.25, 0.3) is 0 Å². The molecule has 0 saturated carbocycles. The number of hydrogen-bond acceptors (Lipinski definition) is 2. The topological polar surface area (TPSA) is 35.6 Å². The van der Waals surface area contributed by atoms with E-state index < -0.39 is 0 Å². The van der Waals surface area contributed by atoms with Gasteiger partial charge in [-0.25, -0.2) is 4.79 Å². The van der Waals surface area contributed by atoms with E-state index in [0.29, 0.717) is 6.04 Å². The van der Waals surface area contributed by atoms with Gasteiger partial charge in [0.05, 0.1) is 0 Å². The van der Waals surface area contributed by atoms with Crippen molar-refractivity contribution in [2.24, 2.45) is 0 Å². The van der Waals surface area contributed by atoms with Crippen LogP contribution < -0.4 is 5.32 Å². The number of para-hydroxylation sites is 1. The van der Waals surface area contributed by atoms with Crippen molar-refractivity contribution in [3.8, 4) is 0 Å². The molecule has 20 heavy (non-hydrogen) atoms. The SMILES string of the molecule is CCCN1CCC(N(C)C(=O)Nc2ccccc2)CC1. The number of carbonyl (C=O) groups is 1. The fraction of sp³-hybridized carbons (Fsp3) is 0.562. The molecule has 0 aromatic heterocycles. The molecule has 1 N–H and O–H groups in total. The number of nitrogens with one attached hydrogen (secondary N) is 1. The minimum Gasteiger partial charge on any atom is -0.325 e. The van der Waals surface area contributed by atoms with Gasteiger partial charge in [-0.05, 0) is 37.9 Å². The lowest BCUT2D eigenvalue weighted by atomic mass is 10.0. The molecule has 1 saturated heterocycles. The predicted octanol–water partition coefficient (Wildman–Crippen LogP) is 3.02. The van der Waals surface area contributed by atoms with Crippen molar-refractivity contribution in [1.82, 2.24) is 9.80 Å². The summed E-state index contributed by atoms with van der Waals surface area (Å²) in [5.74, 6) is 0. The smallest absolute Gasteiger partial charge is 0.321 e. The van der Waals surface area contributed by atoms with E-state index in [2.05, 4.69) is 17.1 Å². The van der Waals surface area contributed by atoms with Crippen LogP contribution in [0.4, 0.5) is 10.5 Å². The summed E-state index contributed by atoms with van der Waals surface area (Å²) < 4.78 is 0. The number of carbonyl (C=O) groups excluding carboxylic acids is 1. The van der Waals surface area contributed by atoms with Gasteiger partial charge < -0.3 is 15.1 Å². The first-order valence-corrected chi connectivity index (χ1v) is 7.52. The van der Waals surface area contributed by atoms with Crippen molar-refractivity contribution < 1.29 is 4.79 Å². The van der Waals surface area contributed by atoms with Crippen LogP contribution in [0.15, 0.2) is 30.3 Å². The Labute approximate surface area is 121 Å². The molecule has 0 atom stereocenters. The van der Waals surface area contributed by atoms with Crippen LogP contribution in [0.1, 0.15) is 26.2 Å². The standard InChI is InChI=1S/C16H25N3O/c1-3-11-19-12-9-15(10-13-19)18(2)16(20)17-14-7-5-4-6-8-14/h4-8,15H,3,9-13H2,1-2H3,(H,17,20). The van der Waals surface area contributed by atoms with Gasteiger partial charge in [0, 0.05) is 31.9 Å². The highest BCUT2D eigenvalue weighted by molar-refractivity contribution is 5.89. The molecular weight excluding hydrogens is 250 g/mol. The van der Waals surface area contributed by atoms with E-state index >= 15 is 0 Å². The highest BCUT2D eigenvalue weighted by Crippen LogP contribution is 2.17. The van der Waals surface area contributed by atoms with Gasteiger partial charge >= 0.3 is 6.03 Å². The highest BCUT2D eigenvalue weighted by Gasteiger charge is 2.24. The third-order valence-corrected chi connectivity index (χ3v) is 3.99. The number of hydrogen-bond donors (Lipinski definition) is 1.